The highest BCUT2D eigenvalue weighted by Crippen LogP contribution is 2.32. The minimum atomic E-state index is -0.521. The average molecular weight is 429 g/mol. The van der Waals surface area contributed by atoms with Crippen molar-refractivity contribution in [2.24, 2.45) is 10.7 Å². The number of aliphatic imine (C=N–C) groups is 1. The van der Waals surface area contributed by atoms with Gasteiger partial charge in [0.05, 0.1) is 17.0 Å². The van der Waals surface area contributed by atoms with Gasteiger partial charge < -0.3 is 20.7 Å². The second kappa shape index (κ2) is 9.49. The molecule has 0 aliphatic rings. The van der Waals surface area contributed by atoms with Crippen LogP contribution in [0, 0.1) is 0 Å². The first-order valence-corrected chi connectivity index (χ1v) is 9.95. The minimum absolute atomic E-state index is 0. The SMILES string of the molecule is C.CN(C)Cc1cccc(N=C(c2ccccc2)c2c(O)[nH]c3cc(C(N)=O)ccc23)c1. The number of nitrogens with zero attached hydrogens (tertiary/aromatic N) is 2. The molecule has 6 nitrogen and oxygen atoms in total. The Balaban J connectivity index is 0.00000289. The zero-order chi connectivity index (χ0) is 22.0. The van der Waals surface area contributed by atoms with Gasteiger partial charge in [-0.15, -0.1) is 0 Å². The molecular weight excluding hydrogens is 400 g/mol. The topological polar surface area (TPSA) is 94.7 Å². The molecule has 3 aromatic carbocycles. The molecule has 0 saturated carbocycles. The Bertz CT molecular complexity index is 1270. The van der Waals surface area contributed by atoms with Gasteiger partial charge in [0.2, 0.25) is 5.91 Å². The van der Waals surface area contributed by atoms with Crippen LogP contribution in [0.2, 0.25) is 0 Å². The molecule has 4 N–H and O–H groups in total. The van der Waals surface area contributed by atoms with E-state index < -0.39 is 5.91 Å². The highest BCUT2D eigenvalue weighted by atomic mass is 16.3. The quantitative estimate of drug-likeness (QED) is 0.384. The van der Waals surface area contributed by atoms with Gasteiger partial charge in [-0.2, -0.15) is 0 Å². The van der Waals surface area contributed by atoms with Crippen molar-refractivity contribution in [3.63, 3.8) is 0 Å². The summed E-state index contributed by atoms with van der Waals surface area (Å²) in [6.07, 6.45) is 0. The maximum absolute atomic E-state index is 11.6. The Morgan fingerprint density at radius 2 is 1.75 bits per heavy atom. The van der Waals surface area contributed by atoms with E-state index in [4.69, 9.17) is 10.7 Å². The normalized spacial score (nSPS) is 11.5. The molecule has 0 aliphatic heterocycles. The molecule has 164 valence electrons. The lowest BCUT2D eigenvalue weighted by atomic mass is 10.00. The first-order chi connectivity index (χ1) is 14.9. The molecule has 1 amide bonds. The summed E-state index contributed by atoms with van der Waals surface area (Å²) in [5.74, 6) is -0.532. The van der Waals surface area contributed by atoms with Gasteiger partial charge in [0.1, 0.15) is 0 Å². The first-order valence-electron chi connectivity index (χ1n) is 9.95. The van der Waals surface area contributed by atoms with E-state index in [1.807, 2.05) is 62.6 Å². The predicted octanol–water partition coefficient (Wildman–Crippen LogP) is 4.84. The number of hydrogen-bond acceptors (Lipinski definition) is 4. The molecule has 0 spiro atoms. The number of H-pyrrole nitrogens is 1. The number of rotatable bonds is 6. The second-order valence-corrected chi connectivity index (χ2v) is 7.71. The molecule has 0 bridgehead atoms. The summed E-state index contributed by atoms with van der Waals surface area (Å²) in [7, 11) is 4.05. The Morgan fingerprint density at radius 3 is 2.44 bits per heavy atom. The molecule has 32 heavy (non-hydrogen) atoms. The number of primary amides is 1. The van der Waals surface area contributed by atoms with E-state index in [0.717, 1.165) is 28.7 Å². The summed E-state index contributed by atoms with van der Waals surface area (Å²) in [6, 6.07) is 22.8. The van der Waals surface area contributed by atoms with Gasteiger partial charge in [0.25, 0.3) is 0 Å². The van der Waals surface area contributed by atoms with E-state index in [0.29, 0.717) is 22.4 Å². The van der Waals surface area contributed by atoms with Crippen LogP contribution in [-0.2, 0) is 6.54 Å². The van der Waals surface area contributed by atoms with Crippen LogP contribution in [0.25, 0.3) is 10.9 Å². The first kappa shape index (κ1) is 22.8. The van der Waals surface area contributed by atoms with Crippen LogP contribution in [0.1, 0.15) is 34.5 Å². The standard InChI is InChI=1S/C25H24N4O2.CH4/c1-29(2)15-16-7-6-10-19(13-16)27-23(17-8-4-3-5-9-17)22-20-12-11-18(24(26)30)14-21(20)28-25(22)31;/h3-14,28,31H,15H2,1-2H3,(H2,26,30);1H4. The van der Waals surface area contributed by atoms with Gasteiger partial charge >= 0.3 is 0 Å². The van der Waals surface area contributed by atoms with E-state index in [-0.39, 0.29) is 13.3 Å². The van der Waals surface area contributed by atoms with Crippen molar-refractivity contribution in [3.8, 4) is 5.88 Å². The van der Waals surface area contributed by atoms with Crippen LogP contribution in [-0.4, -0.2) is 40.7 Å². The Labute approximate surface area is 188 Å². The summed E-state index contributed by atoms with van der Waals surface area (Å²) in [6.45, 7) is 0.804. The fraction of sp³-hybridized carbons (Fsp3) is 0.154. The van der Waals surface area contributed by atoms with Crippen molar-refractivity contribution in [2.45, 2.75) is 14.0 Å². The van der Waals surface area contributed by atoms with Gasteiger partial charge in [-0.05, 0) is 43.9 Å². The van der Waals surface area contributed by atoms with Crippen molar-refractivity contribution in [2.75, 3.05) is 14.1 Å². The van der Waals surface area contributed by atoms with E-state index in [1.165, 1.54) is 0 Å². The number of aromatic amines is 1. The van der Waals surface area contributed by atoms with E-state index >= 15 is 0 Å². The second-order valence-electron chi connectivity index (χ2n) is 7.71. The number of nitrogens with two attached hydrogens (primary N) is 1. The number of carbonyl (C=O) groups is 1. The third kappa shape index (κ3) is 4.71. The number of carbonyl (C=O) groups excluding carboxylic acids is 1. The molecule has 1 heterocycles. The number of aromatic nitrogens is 1. The van der Waals surface area contributed by atoms with Gasteiger partial charge in [-0.3, -0.25) is 4.79 Å². The summed E-state index contributed by atoms with van der Waals surface area (Å²) < 4.78 is 0. The van der Waals surface area contributed by atoms with E-state index in [9.17, 15) is 9.90 Å². The summed E-state index contributed by atoms with van der Waals surface area (Å²) in [4.78, 5) is 21.6. The van der Waals surface area contributed by atoms with Gasteiger partial charge in [0.15, 0.2) is 5.88 Å². The number of benzene rings is 3. The maximum Gasteiger partial charge on any atom is 0.248 e. The number of aromatic hydroxyl groups is 1. The summed E-state index contributed by atoms with van der Waals surface area (Å²) >= 11 is 0. The van der Waals surface area contributed by atoms with Crippen LogP contribution in [0.15, 0.2) is 77.8 Å². The number of amides is 1. The van der Waals surface area contributed by atoms with Gasteiger partial charge in [-0.25, -0.2) is 4.99 Å². The molecule has 4 aromatic rings. The lowest BCUT2D eigenvalue weighted by Crippen LogP contribution is -2.10. The Hall–Kier alpha value is -3.90. The molecule has 0 radical (unpaired) electrons. The largest absolute Gasteiger partial charge is 0.494 e. The number of nitrogens with one attached hydrogen (secondary N) is 1. The summed E-state index contributed by atoms with van der Waals surface area (Å²) in [5.41, 5.74) is 10.4. The molecular formula is C26H28N4O2. The Morgan fingerprint density at radius 1 is 1.00 bits per heavy atom. The zero-order valence-corrected chi connectivity index (χ0v) is 17.5. The third-order valence-electron chi connectivity index (χ3n) is 5.00. The number of fused-ring (bicyclic) bond motifs is 1. The molecule has 1 aromatic heterocycles. The van der Waals surface area contributed by atoms with E-state index in [1.54, 1.807) is 18.2 Å². The molecule has 4 rings (SSSR count). The molecule has 0 fully saturated rings. The van der Waals surface area contributed by atoms with Crippen molar-refractivity contribution < 1.29 is 9.90 Å². The fourth-order valence-electron chi connectivity index (χ4n) is 3.66. The Kier molecular flexibility index (Phi) is 6.76. The predicted molar refractivity (Wildman–Crippen MR) is 131 cm³/mol. The van der Waals surface area contributed by atoms with Crippen molar-refractivity contribution in [1.82, 2.24) is 9.88 Å². The molecule has 6 heteroatoms. The van der Waals surface area contributed by atoms with Crippen LogP contribution in [0.3, 0.4) is 0 Å². The lowest BCUT2D eigenvalue weighted by Gasteiger charge is -2.11. The van der Waals surface area contributed by atoms with Crippen molar-refractivity contribution >= 4 is 28.2 Å². The third-order valence-corrected chi connectivity index (χ3v) is 5.00. The lowest BCUT2D eigenvalue weighted by molar-refractivity contribution is 0.100. The monoisotopic (exact) mass is 428 g/mol. The van der Waals surface area contributed by atoms with Crippen molar-refractivity contribution in [1.29, 1.82) is 0 Å². The molecule has 0 unspecified atom stereocenters. The van der Waals surface area contributed by atoms with E-state index in [2.05, 4.69) is 16.0 Å². The van der Waals surface area contributed by atoms with Gasteiger partial charge in [-0.1, -0.05) is 56.0 Å². The van der Waals surface area contributed by atoms with Crippen LogP contribution < -0.4 is 5.73 Å². The van der Waals surface area contributed by atoms with Crippen LogP contribution >= 0.6 is 0 Å². The van der Waals surface area contributed by atoms with Crippen LogP contribution in [0.4, 0.5) is 5.69 Å². The van der Waals surface area contributed by atoms with Crippen LogP contribution in [0.5, 0.6) is 5.88 Å². The highest BCUT2D eigenvalue weighted by molar-refractivity contribution is 6.22. The maximum atomic E-state index is 11.6. The minimum Gasteiger partial charge on any atom is -0.494 e. The van der Waals surface area contributed by atoms with Crippen molar-refractivity contribution in [3.05, 3.63) is 95.1 Å². The van der Waals surface area contributed by atoms with Gasteiger partial charge in [0, 0.05) is 28.6 Å². The number of hydrogen-bond donors (Lipinski definition) is 3. The molecule has 0 aliphatic carbocycles. The smallest absolute Gasteiger partial charge is 0.248 e. The fourth-order valence-corrected chi connectivity index (χ4v) is 3.66. The summed E-state index contributed by atoms with van der Waals surface area (Å²) in [5, 5.41) is 11.5. The molecule has 0 atom stereocenters. The highest BCUT2D eigenvalue weighted by Gasteiger charge is 2.19. The zero-order valence-electron chi connectivity index (χ0n) is 17.5. The average Bonchev–Trinajstić information content (AvgIpc) is 3.07. The molecule has 0 saturated heterocycles.